The topological polar surface area (TPSA) is 30.9 Å². The molecule has 0 aliphatic rings. The van der Waals surface area contributed by atoms with Crippen LogP contribution in [0.2, 0.25) is 5.02 Å². The highest BCUT2D eigenvalue weighted by Gasteiger charge is 2.07. The van der Waals surface area contributed by atoms with Crippen molar-refractivity contribution >= 4 is 22.5 Å². The quantitative estimate of drug-likeness (QED) is 0.768. The lowest BCUT2D eigenvalue weighted by Crippen LogP contribution is -2.02. The predicted molar refractivity (Wildman–Crippen MR) is 60.6 cm³/mol. The van der Waals surface area contributed by atoms with Gasteiger partial charge in [0.2, 0.25) is 0 Å². The molecule has 0 spiro atoms. The molecule has 1 heterocycles. The Hall–Kier alpha value is -0.990. The van der Waals surface area contributed by atoms with Gasteiger partial charge in [0, 0.05) is 35.2 Å². The summed E-state index contributed by atoms with van der Waals surface area (Å²) in [7, 11) is 2.03. The number of hydrogen-bond acceptors (Lipinski definition) is 1. The molecule has 74 valence electrons. The van der Waals surface area contributed by atoms with Gasteiger partial charge in [0.15, 0.2) is 0 Å². The molecule has 0 aliphatic heterocycles. The standard InChI is InChI=1S/C11H13ClN2/c1-7-9-5-8(6-13)14(2)11(9)4-3-10(7)12/h3-5H,6,13H2,1-2H3. The molecule has 0 atom stereocenters. The molecule has 2 rings (SSSR count). The Morgan fingerprint density at radius 3 is 2.79 bits per heavy atom. The summed E-state index contributed by atoms with van der Waals surface area (Å²) in [6.45, 7) is 2.59. The van der Waals surface area contributed by atoms with E-state index >= 15 is 0 Å². The van der Waals surface area contributed by atoms with Gasteiger partial charge in [0.05, 0.1) is 0 Å². The maximum absolute atomic E-state index is 6.05. The normalized spacial score (nSPS) is 11.1. The van der Waals surface area contributed by atoms with E-state index < -0.39 is 0 Å². The van der Waals surface area contributed by atoms with E-state index in [-0.39, 0.29) is 0 Å². The molecule has 0 radical (unpaired) electrons. The van der Waals surface area contributed by atoms with Gasteiger partial charge in [-0.1, -0.05) is 11.6 Å². The number of aromatic nitrogens is 1. The van der Waals surface area contributed by atoms with Crippen molar-refractivity contribution in [2.24, 2.45) is 12.8 Å². The van der Waals surface area contributed by atoms with Crippen LogP contribution in [-0.4, -0.2) is 4.57 Å². The van der Waals surface area contributed by atoms with Crippen LogP contribution in [0.15, 0.2) is 18.2 Å². The van der Waals surface area contributed by atoms with Gasteiger partial charge in [-0.2, -0.15) is 0 Å². The summed E-state index contributed by atoms with van der Waals surface area (Å²) in [5, 5.41) is 2.01. The number of nitrogens with zero attached hydrogens (tertiary/aromatic N) is 1. The first-order chi connectivity index (χ1) is 6.65. The lowest BCUT2D eigenvalue weighted by atomic mass is 10.1. The number of aryl methyl sites for hydroxylation is 2. The molecule has 0 bridgehead atoms. The summed E-state index contributed by atoms with van der Waals surface area (Å²) >= 11 is 6.05. The molecule has 0 fully saturated rings. The number of hydrogen-bond donors (Lipinski definition) is 1. The minimum atomic E-state index is 0.558. The van der Waals surface area contributed by atoms with E-state index in [4.69, 9.17) is 17.3 Å². The molecule has 2 nitrogen and oxygen atoms in total. The van der Waals surface area contributed by atoms with Crippen LogP contribution >= 0.6 is 11.6 Å². The highest BCUT2D eigenvalue weighted by atomic mass is 35.5. The maximum Gasteiger partial charge on any atom is 0.0484 e. The van der Waals surface area contributed by atoms with Gasteiger partial charge in [0.25, 0.3) is 0 Å². The fourth-order valence-corrected chi connectivity index (χ4v) is 1.94. The van der Waals surface area contributed by atoms with Crippen LogP contribution < -0.4 is 5.73 Å². The lowest BCUT2D eigenvalue weighted by Gasteiger charge is -2.02. The van der Waals surface area contributed by atoms with Crippen LogP contribution in [0.25, 0.3) is 10.9 Å². The molecular formula is C11H13ClN2. The SMILES string of the molecule is Cc1c(Cl)ccc2c1cc(CN)n2C. The third-order valence-corrected chi connectivity index (χ3v) is 3.15. The van der Waals surface area contributed by atoms with E-state index in [0.717, 1.165) is 16.3 Å². The van der Waals surface area contributed by atoms with Gasteiger partial charge in [-0.15, -0.1) is 0 Å². The summed E-state index contributed by atoms with van der Waals surface area (Å²) in [6.07, 6.45) is 0. The predicted octanol–water partition coefficient (Wildman–Crippen LogP) is 2.60. The number of halogens is 1. The van der Waals surface area contributed by atoms with Gasteiger partial charge in [-0.25, -0.2) is 0 Å². The first-order valence-electron chi connectivity index (χ1n) is 4.58. The van der Waals surface area contributed by atoms with Crippen LogP contribution in [0.3, 0.4) is 0 Å². The number of nitrogens with two attached hydrogens (primary N) is 1. The minimum absolute atomic E-state index is 0.558. The summed E-state index contributed by atoms with van der Waals surface area (Å²) < 4.78 is 2.11. The van der Waals surface area contributed by atoms with Crippen molar-refractivity contribution in [3.8, 4) is 0 Å². The highest BCUT2D eigenvalue weighted by molar-refractivity contribution is 6.32. The Morgan fingerprint density at radius 2 is 2.14 bits per heavy atom. The number of rotatable bonds is 1. The van der Waals surface area contributed by atoms with Crippen molar-refractivity contribution in [2.75, 3.05) is 0 Å². The molecule has 2 N–H and O–H groups in total. The average molecular weight is 209 g/mol. The summed E-state index contributed by atoms with van der Waals surface area (Å²) in [4.78, 5) is 0. The number of benzene rings is 1. The molecular weight excluding hydrogens is 196 g/mol. The van der Waals surface area contributed by atoms with Crippen molar-refractivity contribution in [3.63, 3.8) is 0 Å². The van der Waals surface area contributed by atoms with Crippen LogP contribution in [0, 0.1) is 6.92 Å². The van der Waals surface area contributed by atoms with Crippen molar-refractivity contribution in [1.29, 1.82) is 0 Å². The Balaban J connectivity index is 2.85. The smallest absolute Gasteiger partial charge is 0.0484 e. The molecule has 0 unspecified atom stereocenters. The van der Waals surface area contributed by atoms with E-state index in [1.54, 1.807) is 0 Å². The molecule has 0 saturated carbocycles. The highest BCUT2D eigenvalue weighted by Crippen LogP contribution is 2.27. The van der Waals surface area contributed by atoms with Crippen LogP contribution in [0.1, 0.15) is 11.3 Å². The fraction of sp³-hybridized carbons (Fsp3) is 0.273. The van der Waals surface area contributed by atoms with Crippen molar-refractivity contribution in [3.05, 3.63) is 34.5 Å². The molecule has 2 aromatic rings. The zero-order chi connectivity index (χ0) is 10.3. The van der Waals surface area contributed by atoms with Gasteiger partial charge < -0.3 is 10.3 Å². The zero-order valence-electron chi connectivity index (χ0n) is 8.34. The average Bonchev–Trinajstić information content (AvgIpc) is 2.50. The zero-order valence-corrected chi connectivity index (χ0v) is 9.10. The summed E-state index contributed by atoms with van der Waals surface area (Å²) in [6, 6.07) is 6.07. The summed E-state index contributed by atoms with van der Waals surface area (Å²) in [5.74, 6) is 0. The van der Waals surface area contributed by atoms with E-state index in [1.807, 2.05) is 26.1 Å². The van der Waals surface area contributed by atoms with Crippen LogP contribution in [-0.2, 0) is 13.6 Å². The minimum Gasteiger partial charge on any atom is -0.346 e. The van der Waals surface area contributed by atoms with Crippen LogP contribution in [0.5, 0.6) is 0 Å². The van der Waals surface area contributed by atoms with E-state index in [0.29, 0.717) is 6.54 Å². The monoisotopic (exact) mass is 208 g/mol. The third kappa shape index (κ3) is 1.22. The second-order valence-electron chi connectivity index (χ2n) is 3.50. The molecule has 0 aliphatic carbocycles. The van der Waals surface area contributed by atoms with E-state index in [2.05, 4.69) is 10.6 Å². The number of fused-ring (bicyclic) bond motifs is 1. The first kappa shape index (κ1) is 9.56. The Labute approximate surface area is 88.3 Å². The van der Waals surface area contributed by atoms with Crippen molar-refractivity contribution in [1.82, 2.24) is 4.57 Å². The van der Waals surface area contributed by atoms with Crippen molar-refractivity contribution in [2.45, 2.75) is 13.5 Å². The van der Waals surface area contributed by atoms with Gasteiger partial charge in [-0.05, 0) is 30.7 Å². The summed E-state index contributed by atoms with van der Waals surface area (Å²) in [5.41, 5.74) is 9.09. The lowest BCUT2D eigenvalue weighted by molar-refractivity contribution is 0.849. The molecule has 0 saturated heterocycles. The van der Waals surface area contributed by atoms with E-state index in [1.165, 1.54) is 10.9 Å². The molecule has 0 amide bonds. The van der Waals surface area contributed by atoms with E-state index in [9.17, 15) is 0 Å². The first-order valence-corrected chi connectivity index (χ1v) is 4.96. The Morgan fingerprint density at radius 1 is 1.43 bits per heavy atom. The fourth-order valence-electron chi connectivity index (χ4n) is 1.78. The Bertz CT molecular complexity index is 485. The largest absolute Gasteiger partial charge is 0.346 e. The molecule has 14 heavy (non-hydrogen) atoms. The van der Waals surface area contributed by atoms with Crippen molar-refractivity contribution < 1.29 is 0 Å². The second kappa shape index (κ2) is 3.30. The Kier molecular flexibility index (Phi) is 2.25. The van der Waals surface area contributed by atoms with Crippen LogP contribution in [0.4, 0.5) is 0 Å². The second-order valence-corrected chi connectivity index (χ2v) is 3.91. The molecule has 1 aromatic heterocycles. The molecule has 1 aromatic carbocycles. The van der Waals surface area contributed by atoms with Gasteiger partial charge >= 0.3 is 0 Å². The molecule has 3 heteroatoms. The maximum atomic E-state index is 6.05. The third-order valence-electron chi connectivity index (χ3n) is 2.74. The van der Waals surface area contributed by atoms with Gasteiger partial charge in [-0.3, -0.25) is 0 Å². The van der Waals surface area contributed by atoms with Gasteiger partial charge in [0.1, 0.15) is 0 Å².